The molecule has 4 rings (SSSR count). The Hall–Kier alpha value is -3.09. The van der Waals surface area contributed by atoms with Gasteiger partial charge in [-0.2, -0.15) is 5.10 Å². The molecule has 1 atom stereocenters. The molecule has 0 saturated carbocycles. The second-order valence-electron chi connectivity index (χ2n) is 6.61. The maximum absolute atomic E-state index is 12.9. The van der Waals surface area contributed by atoms with Gasteiger partial charge in [0.1, 0.15) is 11.3 Å². The van der Waals surface area contributed by atoms with Crippen LogP contribution in [0.5, 0.6) is 5.75 Å². The Morgan fingerprint density at radius 1 is 1.14 bits per heavy atom. The molecule has 0 amide bonds. The zero-order chi connectivity index (χ0) is 20.4. The molecule has 0 bridgehead atoms. The summed E-state index contributed by atoms with van der Waals surface area (Å²) in [6.07, 6.45) is 2.43. The number of hydrogen-bond donors (Lipinski definition) is 1. The van der Waals surface area contributed by atoms with Crippen molar-refractivity contribution in [1.29, 1.82) is 0 Å². The van der Waals surface area contributed by atoms with Crippen LogP contribution in [0.15, 0.2) is 71.8 Å². The van der Waals surface area contributed by atoms with Crippen LogP contribution in [0.1, 0.15) is 18.6 Å². The van der Waals surface area contributed by atoms with Gasteiger partial charge >= 0.3 is 0 Å². The predicted octanol–water partition coefficient (Wildman–Crippen LogP) is 3.95. The Bertz CT molecular complexity index is 1200. The molecule has 1 unspecified atom stereocenters. The van der Waals surface area contributed by atoms with Gasteiger partial charge in [0.2, 0.25) is 0 Å². The van der Waals surface area contributed by atoms with Gasteiger partial charge in [0.15, 0.2) is 0 Å². The van der Waals surface area contributed by atoms with E-state index in [1.54, 1.807) is 47.2 Å². The quantitative estimate of drug-likeness (QED) is 0.523. The molecule has 0 radical (unpaired) electrons. The molecule has 2 aromatic carbocycles. The molecule has 0 saturated heterocycles. The molecule has 1 N–H and O–H groups in total. The zero-order valence-corrected chi connectivity index (χ0v) is 16.6. The Morgan fingerprint density at radius 2 is 1.90 bits per heavy atom. The summed E-state index contributed by atoms with van der Waals surface area (Å²) in [4.78, 5) is 12.9. The lowest BCUT2D eigenvalue weighted by Crippen LogP contribution is -2.24. The lowest BCUT2D eigenvalue weighted by atomic mass is 10.1. The molecule has 7 heteroatoms. The van der Waals surface area contributed by atoms with Crippen molar-refractivity contribution in [1.82, 2.24) is 14.2 Å². The maximum Gasteiger partial charge on any atom is 0.276 e. The van der Waals surface area contributed by atoms with Crippen molar-refractivity contribution in [2.75, 3.05) is 6.61 Å². The van der Waals surface area contributed by atoms with E-state index in [2.05, 4.69) is 5.10 Å². The lowest BCUT2D eigenvalue weighted by molar-refractivity contribution is 0.155. The predicted molar refractivity (Wildman–Crippen MR) is 112 cm³/mol. The SMILES string of the molecule is CCOc1ccc(-c2cc3c(=O)n(CC(O)c4ccccc4Cl)ccn3n2)cc1. The van der Waals surface area contributed by atoms with Crippen molar-refractivity contribution in [3.05, 3.63) is 87.9 Å². The average molecular weight is 410 g/mol. The minimum absolute atomic E-state index is 0.0998. The number of aliphatic hydroxyl groups excluding tert-OH is 1. The summed E-state index contributed by atoms with van der Waals surface area (Å²) in [5, 5.41) is 15.5. The summed E-state index contributed by atoms with van der Waals surface area (Å²) in [6.45, 7) is 2.64. The van der Waals surface area contributed by atoms with Crippen LogP contribution in [0, 0.1) is 0 Å². The van der Waals surface area contributed by atoms with Gasteiger partial charge < -0.3 is 14.4 Å². The van der Waals surface area contributed by atoms with E-state index < -0.39 is 6.10 Å². The Morgan fingerprint density at radius 3 is 2.62 bits per heavy atom. The molecule has 2 aromatic heterocycles. The molecular weight excluding hydrogens is 390 g/mol. The molecule has 0 aliphatic heterocycles. The van der Waals surface area contributed by atoms with Crippen molar-refractivity contribution in [2.24, 2.45) is 0 Å². The number of rotatable bonds is 6. The van der Waals surface area contributed by atoms with Crippen molar-refractivity contribution in [3.8, 4) is 17.0 Å². The molecule has 6 nitrogen and oxygen atoms in total. The van der Waals surface area contributed by atoms with Gasteiger partial charge in [-0.3, -0.25) is 4.79 Å². The first kappa shape index (κ1) is 19.2. The third-order valence-corrected chi connectivity index (χ3v) is 5.04. The Kier molecular flexibility index (Phi) is 5.38. The van der Waals surface area contributed by atoms with Crippen LogP contribution in [-0.4, -0.2) is 25.9 Å². The smallest absolute Gasteiger partial charge is 0.276 e. The van der Waals surface area contributed by atoms with Gasteiger partial charge in [-0.15, -0.1) is 0 Å². The number of aliphatic hydroxyl groups is 1. The molecule has 148 valence electrons. The molecular formula is C22H20ClN3O3. The molecule has 2 heterocycles. The number of ether oxygens (including phenoxy) is 1. The van der Waals surface area contributed by atoms with Crippen molar-refractivity contribution in [3.63, 3.8) is 0 Å². The first-order valence-corrected chi connectivity index (χ1v) is 9.69. The van der Waals surface area contributed by atoms with E-state index in [-0.39, 0.29) is 12.1 Å². The first-order chi connectivity index (χ1) is 14.1. The number of nitrogens with zero attached hydrogens (tertiary/aromatic N) is 3. The second-order valence-corrected chi connectivity index (χ2v) is 7.02. The van der Waals surface area contributed by atoms with Crippen LogP contribution in [-0.2, 0) is 6.54 Å². The molecule has 0 aliphatic rings. The maximum atomic E-state index is 12.9. The molecule has 0 spiro atoms. The van der Waals surface area contributed by atoms with E-state index in [1.807, 2.05) is 31.2 Å². The number of fused-ring (bicyclic) bond motifs is 1. The van der Waals surface area contributed by atoms with E-state index in [0.29, 0.717) is 28.4 Å². The topological polar surface area (TPSA) is 68.8 Å². The van der Waals surface area contributed by atoms with Crippen LogP contribution in [0.25, 0.3) is 16.8 Å². The summed E-state index contributed by atoms with van der Waals surface area (Å²) in [5.74, 6) is 0.788. The van der Waals surface area contributed by atoms with E-state index in [0.717, 1.165) is 11.3 Å². The van der Waals surface area contributed by atoms with Crippen LogP contribution < -0.4 is 10.3 Å². The number of aromatic nitrogens is 3. The second kappa shape index (κ2) is 8.11. The average Bonchev–Trinajstić information content (AvgIpc) is 3.16. The van der Waals surface area contributed by atoms with Crippen LogP contribution in [0.3, 0.4) is 0 Å². The minimum Gasteiger partial charge on any atom is -0.494 e. The van der Waals surface area contributed by atoms with E-state index in [9.17, 15) is 9.90 Å². The largest absolute Gasteiger partial charge is 0.494 e. The summed E-state index contributed by atoms with van der Waals surface area (Å²) >= 11 is 6.15. The minimum atomic E-state index is -0.891. The van der Waals surface area contributed by atoms with Crippen LogP contribution >= 0.6 is 11.6 Å². The third kappa shape index (κ3) is 3.90. The van der Waals surface area contributed by atoms with Gasteiger partial charge in [0.25, 0.3) is 5.56 Å². The highest BCUT2D eigenvalue weighted by molar-refractivity contribution is 6.31. The fourth-order valence-electron chi connectivity index (χ4n) is 3.23. The highest BCUT2D eigenvalue weighted by atomic mass is 35.5. The highest BCUT2D eigenvalue weighted by Gasteiger charge is 2.15. The van der Waals surface area contributed by atoms with E-state index >= 15 is 0 Å². The summed E-state index contributed by atoms with van der Waals surface area (Å²) < 4.78 is 8.47. The van der Waals surface area contributed by atoms with E-state index in [1.165, 1.54) is 4.57 Å². The van der Waals surface area contributed by atoms with Crippen molar-refractivity contribution < 1.29 is 9.84 Å². The fraction of sp³-hybridized carbons (Fsp3) is 0.182. The lowest BCUT2D eigenvalue weighted by Gasteiger charge is -2.14. The molecule has 29 heavy (non-hydrogen) atoms. The van der Waals surface area contributed by atoms with Crippen LogP contribution in [0.2, 0.25) is 5.02 Å². The van der Waals surface area contributed by atoms with E-state index in [4.69, 9.17) is 16.3 Å². The number of benzene rings is 2. The molecule has 0 aliphatic carbocycles. The standard InChI is InChI=1S/C22H20ClN3O3/c1-2-29-16-9-7-15(8-10-16)19-13-20-22(28)25(11-12-26(20)24-19)14-21(27)17-5-3-4-6-18(17)23/h3-13,21,27H,2,14H2,1H3. The van der Waals surface area contributed by atoms with Crippen molar-refractivity contribution >= 4 is 17.1 Å². The first-order valence-electron chi connectivity index (χ1n) is 9.31. The zero-order valence-electron chi connectivity index (χ0n) is 15.8. The fourth-order valence-corrected chi connectivity index (χ4v) is 3.49. The van der Waals surface area contributed by atoms with Gasteiger partial charge in [0.05, 0.1) is 24.9 Å². The monoisotopic (exact) mass is 409 g/mol. The van der Waals surface area contributed by atoms with Gasteiger partial charge in [0, 0.05) is 28.5 Å². The Balaban J connectivity index is 1.64. The Labute approximate surface area is 172 Å². The molecule has 0 fully saturated rings. The van der Waals surface area contributed by atoms with Crippen LogP contribution in [0.4, 0.5) is 0 Å². The van der Waals surface area contributed by atoms with Gasteiger partial charge in [-0.1, -0.05) is 29.8 Å². The molecule has 4 aromatic rings. The summed E-state index contributed by atoms with van der Waals surface area (Å²) in [7, 11) is 0. The summed E-state index contributed by atoms with van der Waals surface area (Å²) in [5.41, 5.74) is 2.37. The number of halogens is 1. The van der Waals surface area contributed by atoms with Gasteiger partial charge in [-0.25, -0.2) is 4.52 Å². The van der Waals surface area contributed by atoms with Crippen molar-refractivity contribution in [2.45, 2.75) is 19.6 Å². The summed E-state index contributed by atoms with van der Waals surface area (Å²) in [6, 6.07) is 16.4. The third-order valence-electron chi connectivity index (χ3n) is 4.70. The number of hydrogen-bond acceptors (Lipinski definition) is 4. The normalized spacial score (nSPS) is 12.2. The van der Waals surface area contributed by atoms with Gasteiger partial charge in [-0.05, 0) is 43.3 Å². The highest BCUT2D eigenvalue weighted by Crippen LogP contribution is 2.24.